The number of nitrogens with one attached hydrogen (secondary N) is 1. The number of hydrogen-bond donors (Lipinski definition) is 1. The Morgan fingerprint density at radius 3 is 2.00 bits per heavy atom. The highest BCUT2D eigenvalue weighted by molar-refractivity contribution is 5.97. The maximum atomic E-state index is 12.9. The fraction of sp³-hybridized carbons (Fsp3) is 0.882. The Kier molecular flexibility index (Phi) is 5.46. The number of nitrogens with zero attached hydrogens (tertiary/aromatic N) is 1. The lowest BCUT2D eigenvalue weighted by Crippen LogP contribution is -2.69. The third-order valence-electron chi connectivity index (χ3n) is 4.07. The lowest BCUT2D eigenvalue weighted by Gasteiger charge is -2.47. The van der Waals surface area contributed by atoms with Crippen LogP contribution in [0.1, 0.15) is 67.7 Å². The van der Waals surface area contributed by atoms with E-state index >= 15 is 0 Å². The van der Waals surface area contributed by atoms with Crippen LogP contribution in [0.4, 0.5) is 0 Å². The van der Waals surface area contributed by atoms with Crippen LogP contribution in [-0.4, -0.2) is 35.3 Å². The predicted molar refractivity (Wildman–Crippen MR) is 85.9 cm³/mol. The zero-order valence-corrected chi connectivity index (χ0v) is 14.7. The summed E-state index contributed by atoms with van der Waals surface area (Å²) in [5, 5.41) is 2.95. The third-order valence-corrected chi connectivity index (χ3v) is 4.07. The first-order chi connectivity index (χ1) is 9.50. The maximum absolute atomic E-state index is 12.9. The zero-order valence-electron chi connectivity index (χ0n) is 14.7. The summed E-state index contributed by atoms with van der Waals surface area (Å²) < 4.78 is 0. The Morgan fingerprint density at radius 1 is 1.00 bits per heavy atom. The molecule has 2 unspecified atom stereocenters. The van der Waals surface area contributed by atoms with Gasteiger partial charge in [-0.25, -0.2) is 0 Å². The molecule has 4 nitrogen and oxygen atoms in total. The van der Waals surface area contributed by atoms with Crippen molar-refractivity contribution in [3.8, 4) is 0 Å². The minimum absolute atomic E-state index is 0.0153. The van der Waals surface area contributed by atoms with Gasteiger partial charge in [-0.1, -0.05) is 61.3 Å². The van der Waals surface area contributed by atoms with Crippen LogP contribution in [-0.2, 0) is 9.59 Å². The van der Waals surface area contributed by atoms with Crippen LogP contribution in [0.3, 0.4) is 0 Å². The summed E-state index contributed by atoms with van der Waals surface area (Å²) in [6.45, 7) is 14.9. The molecule has 122 valence electrons. The minimum atomic E-state index is -0.426. The first-order valence-corrected chi connectivity index (χ1v) is 8.11. The van der Waals surface area contributed by atoms with Crippen molar-refractivity contribution in [1.82, 2.24) is 10.2 Å². The second-order valence-corrected chi connectivity index (χ2v) is 8.31. The number of amides is 2. The topological polar surface area (TPSA) is 49.4 Å². The molecule has 0 saturated carbocycles. The van der Waals surface area contributed by atoms with E-state index in [9.17, 15) is 9.59 Å². The summed E-state index contributed by atoms with van der Waals surface area (Å²) in [4.78, 5) is 27.3. The number of carbonyl (C=O) groups excluding carboxylic acids is 2. The van der Waals surface area contributed by atoms with Gasteiger partial charge < -0.3 is 10.2 Å². The Bertz CT molecular complexity index is 391. The molecular weight excluding hydrogens is 264 g/mol. The molecule has 1 heterocycles. The second kappa shape index (κ2) is 6.37. The van der Waals surface area contributed by atoms with Gasteiger partial charge >= 0.3 is 0 Å². The average Bonchev–Trinajstić information content (AvgIpc) is 2.30. The largest absolute Gasteiger partial charge is 0.342 e. The highest BCUT2D eigenvalue weighted by atomic mass is 16.2. The zero-order chi connectivity index (χ0) is 16.4. The van der Waals surface area contributed by atoms with Crippen molar-refractivity contribution in [1.29, 1.82) is 0 Å². The number of carbonyl (C=O) groups is 2. The van der Waals surface area contributed by atoms with Crippen LogP contribution in [0.25, 0.3) is 0 Å². The molecule has 1 aliphatic rings. The minimum Gasteiger partial charge on any atom is -0.342 e. The van der Waals surface area contributed by atoms with Crippen molar-refractivity contribution < 1.29 is 9.59 Å². The van der Waals surface area contributed by atoms with E-state index in [-0.39, 0.29) is 28.7 Å². The molecule has 4 heteroatoms. The molecule has 0 aromatic rings. The fourth-order valence-electron chi connectivity index (χ4n) is 2.94. The first kappa shape index (κ1) is 18.0. The van der Waals surface area contributed by atoms with Crippen molar-refractivity contribution in [3.63, 3.8) is 0 Å². The first-order valence-electron chi connectivity index (χ1n) is 8.11. The number of unbranched alkanes of at least 4 members (excludes halogenated alkanes) is 2. The highest BCUT2D eigenvalue weighted by Gasteiger charge is 2.48. The molecule has 0 bridgehead atoms. The van der Waals surface area contributed by atoms with Gasteiger partial charge in [0.25, 0.3) is 0 Å². The van der Waals surface area contributed by atoms with Crippen LogP contribution < -0.4 is 5.32 Å². The Balaban J connectivity index is 3.05. The highest BCUT2D eigenvalue weighted by Crippen LogP contribution is 2.32. The van der Waals surface area contributed by atoms with E-state index in [4.69, 9.17) is 0 Å². The lowest BCUT2D eigenvalue weighted by atomic mass is 9.78. The van der Waals surface area contributed by atoms with Gasteiger partial charge in [0.1, 0.15) is 12.1 Å². The Morgan fingerprint density at radius 2 is 1.57 bits per heavy atom. The van der Waals surface area contributed by atoms with Gasteiger partial charge in [0, 0.05) is 6.54 Å². The lowest BCUT2D eigenvalue weighted by molar-refractivity contribution is -0.157. The normalized spacial score (nSPS) is 24.2. The Labute approximate surface area is 129 Å². The van der Waals surface area contributed by atoms with E-state index in [2.05, 4.69) is 12.2 Å². The van der Waals surface area contributed by atoms with Gasteiger partial charge in [-0.3, -0.25) is 9.59 Å². The monoisotopic (exact) mass is 296 g/mol. The number of hydrogen-bond acceptors (Lipinski definition) is 2. The summed E-state index contributed by atoms with van der Waals surface area (Å²) in [6, 6.07) is -0.800. The molecule has 0 aromatic heterocycles. The van der Waals surface area contributed by atoms with E-state index in [0.717, 1.165) is 19.3 Å². The molecule has 1 aliphatic heterocycles. The van der Waals surface area contributed by atoms with Crippen LogP contribution in [0.2, 0.25) is 0 Å². The summed E-state index contributed by atoms with van der Waals surface area (Å²) in [5.41, 5.74) is -0.520. The standard InChI is InChI=1S/C17H32N2O2/c1-8-9-10-11-19-13(17(5,6)7)14(20)18-12(15(19)21)16(2,3)4/h12-13H,8-11H2,1-7H3,(H,18,20). The van der Waals surface area contributed by atoms with Gasteiger partial charge in [0.15, 0.2) is 0 Å². The average molecular weight is 296 g/mol. The summed E-state index contributed by atoms with van der Waals surface area (Å²) in [5.74, 6) is 0.0525. The quantitative estimate of drug-likeness (QED) is 0.811. The molecule has 0 aromatic carbocycles. The molecule has 21 heavy (non-hydrogen) atoms. The van der Waals surface area contributed by atoms with E-state index in [1.807, 2.05) is 46.4 Å². The van der Waals surface area contributed by atoms with E-state index in [1.54, 1.807) is 0 Å². The molecular formula is C17H32N2O2. The molecule has 2 amide bonds. The Hall–Kier alpha value is -1.06. The summed E-state index contributed by atoms with van der Waals surface area (Å²) in [7, 11) is 0. The molecule has 0 spiro atoms. The number of piperazine rings is 1. The van der Waals surface area contributed by atoms with Crippen LogP contribution in [0.15, 0.2) is 0 Å². The molecule has 2 atom stereocenters. The van der Waals surface area contributed by atoms with E-state index < -0.39 is 6.04 Å². The third kappa shape index (κ3) is 4.21. The SMILES string of the molecule is CCCCCN1C(=O)C(C(C)(C)C)NC(=O)C1C(C)(C)C. The van der Waals surface area contributed by atoms with Crippen LogP contribution >= 0.6 is 0 Å². The second-order valence-electron chi connectivity index (χ2n) is 8.31. The van der Waals surface area contributed by atoms with Crippen LogP contribution in [0.5, 0.6) is 0 Å². The molecule has 1 saturated heterocycles. The predicted octanol–water partition coefficient (Wildman–Crippen LogP) is 2.96. The van der Waals surface area contributed by atoms with Crippen molar-refractivity contribution in [2.75, 3.05) is 6.54 Å². The summed E-state index contributed by atoms with van der Waals surface area (Å²) in [6.07, 6.45) is 3.15. The number of rotatable bonds is 4. The van der Waals surface area contributed by atoms with Crippen molar-refractivity contribution in [3.05, 3.63) is 0 Å². The fourth-order valence-corrected chi connectivity index (χ4v) is 2.94. The molecule has 0 radical (unpaired) electrons. The molecule has 0 aliphatic carbocycles. The van der Waals surface area contributed by atoms with Gasteiger partial charge in [0.2, 0.25) is 11.8 Å². The van der Waals surface area contributed by atoms with Crippen molar-refractivity contribution in [2.24, 2.45) is 10.8 Å². The molecule has 1 N–H and O–H groups in total. The van der Waals surface area contributed by atoms with Crippen LogP contribution in [0, 0.1) is 10.8 Å². The van der Waals surface area contributed by atoms with Gasteiger partial charge in [0.05, 0.1) is 0 Å². The summed E-state index contributed by atoms with van der Waals surface area (Å²) >= 11 is 0. The van der Waals surface area contributed by atoms with Gasteiger partial charge in [-0.05, 0) is 17.3 Å². The van der Waals surface area contributed by atoms with E-state index in [1.165, 1.54) is 0 Å². The smallest absolute Gasteiger partial charge is 0.246 e. The van der Waals surface area contributed by atoms with Gasteiger partial charge in [-0.2, -0.15) is 0 Å². The molecule has 1 rings (SSSR count). The molecule has 1 fully saturated rings. The maximum Gasteiger partial charge on any atom is 0.246 e. The van der Waals surface area contributed by atoms with E-state index in [0.29, 0.717) is 6.54 Å². The van der Waals surface area contributed by atoms with Crippen molar-refractivity contribution in [2.45, 2.75) is 79.8 Å². The van der Waals surface area contributed by atoms with Gasteiger partial charge in [-0.15, -0.1) is 0 Å². The van der Waals surface area contributed by atoms with Crippen molar-refractivity contribution >= 4 is 11.8 Å².